The van der Waals surface area contributed by atoms with Crippen LogP contribution in [0.25, 0.3) is 10.8 Å². The number of rotatable bonds is 0. The first-order chi connectivity index (χ1) is 5.38. The molecule has 0 fully saturated rings. The van der Waals surface area contributed by atoms with E-state index in [9.17, 15) is 4.39 Å². The summed E-state index contributed by atoms with van der Waals surface area (Å²) in [4.78, 5) is 0. The Morgan fingerprint density at radius 3 is 2.36 bits per heavy atom. The van der Waals surface area contributed by atoms with E-state index in [0.717, 1.165) is 5.39 Å². The molecule has 0 aliphatic carbocycles. The van der Waals surface area contributed by atoms with Crippen molar-refractivity contribution in [1.82, 2.24) is 0 Å². The standard InChI is InChI=1S/C10H7F/c11-10-7-3-5-8-4-1-2-6-9(8)10/h1-7H/i11-1. The first-order valence-electron chi connectivity index (χ1n) is 3.51. The van der Waals surface area contributed by atoms with Crippen molar-refractivity contribution in [3.8, 4) is 0 Å². The summed E-state index contributed by atoms with van der Waals surface area (Å²) in [5.74, 6) is -0.150. The average Bonchev–Trinajstić information content (AvgIpc) is 2.06. The molecule has 2 aromatic carbocycles. The summed E-state index contributed by atoms with van der Waals surface area (Å²) in [5, 5.41) is 1.64. The Bertz CT molecular complexity index is 374. The van der Waals surface area contributed by atoms with Crippen molar-refractivity contribution in [3.63, 3.8) is 0 Å². The van der Waals surface area contributed by atoms with Gasteiger partial charge in [-0.2, -0.15) is 0 Å². The van der Waals surface area contributed by atoms with Crippen LogP contribution >= 0.6 is 0 Å². The Morgan fingerprint density at radius 2 is 1.55 bits per heavy atom. The molecule has 0 unspecified atom stereocenters. The lowest BCUT2D eigenvalue weighted by Crippen LogP contribution is -1.76. The van der Waals surface area contributed by atoms with Crippen LogP contribution in [0.15, 0.2) is 42.5 Å². The highest BCUT2D eigenvalue weighted by molar-refractivity contribution is 5.82. The van der Waals surface area contributed by atoms with Gasteiger partial charge in [0, 0.05) is 5.39 Å². The molecule has 0 bridgehead atoms. The van der Waals surface area contributed by atoms with E-state index in [0.29, 0.717) is 5.39 Å². The molecular weight excluding hydrogens is 138 g/mol. The van der Waals surface area contributed by atoms with Crippen LogP contribution in [0.3, 0.4) is 0 Å². The lowest BCUT2D eigenvalue weighted by atomic mass is 10.1. The summed E-state index contributed by atoms with van der Waals surface area (Å²) < 4.78 is 13.0. The van der Waals surface area contributed by atoms with Gasteiger partial charge in [-0.1, -0.05) is 36.4 Å². The Morgan fingerprint density at radius 1 is 0.818 bits per heavy atom. The predicted octanol–water partition coefficient (Wildman–Crippen LogP) is 2.98. The molecule has 54 valence electrons. The molecule has 0 radical (unpaired) electrons. The highest BCUT2D eigenvalue weighted by Crippen LogP contribution is 2.15. The van der Waals surface area contributed by atoms with E-state index < -0.39 is 0 Å². The Hall–Kier alpha value is -1.37. The van der Waals surface area contributed by atoms with Crippen LogP contribution in [0, 0.1) is 5.82 Å². The predicted molar refractivity (Wildman–Crippen MR) is 43.9 cm³/mol. The van der Waals surface area contributed by atoms with Crippen LogP contribution in [-0.2, 0) is 0 Å². The minimum absolute atomic E-state index is 0.150. The Labute approximate surface area is 64.3 Å². The lowest BCUT2D eigenvalue weighted by Gasteiger charge is -1.95. The number of hydrogen-bond acceptors (Lipinski definition) is 0. The molecule has 1 heteroatoms. The number of halogens is 1. The van der Waals surface area contributed by atoms with E-state index in [4.69, 9.17) is 0 Å². The van der Waals surface area contributed by atoms with E-state index in [1.54, 1.807) is 12.1 Å². The molecule has 2 aromatic rings. The second-order valence-electron chi connectivity index (χ2n) is 2.46. The fraction of sp³-hybridized carbons (Fsp3) is 0. The average molecular weight is 145 g/mol. The van der Waals surface area contributed by atoms with Gasteiger partial charge < -0.3 is 0 Å². The summed E-state index contributed by atoms with van der Waals surface area (Å²) >= 11 is 0. The van der Waals surface area contributed by atoms with Crippen LogP contribution in [0.1, 0.15) is 0 Å². The normalized spacial score (nSPS) is 10.3. The van der Waals surface area contributed by atoms with Crippen molar-refractivity contribution in [2.24, 2.45) is 0 Å². The van der Waals surface area contributed by atoms with Gasteiger partial charge in [0.25, 0.3) is 0 Å². The van der Waals surface area contributed by atoms with Crippen molar-refractivity contribution >= 4 is 10.8 Å². The van der Waals surface area contributed by atoms with E-state index in [-0.39, 0.29) is 5.82 Å². The summed E-state index contributed by atoms with van der Waals surface area (Å²) in [6, 6.07) is 12.5. The monoisotopic (exact) mass is 145 g/mol. The van der Waals surface area contributed by atoms with Crippen LogP contribution in [0.5, 0.6) is 0 Å². The maximum Gasteiger partial charge on any atom is 0.131 e. The molecule has 0 heterocycles. The zero-order valence-electron chi connectivity index (χ0n) is 5.92. The van der Waals surface area contributed by atoms with Gasteiger partial charge in [-0.25, -0.2) is 4.39 Å². The van der Waals surface area contributed by atoms with E-state index >= 15 is 0 Å². The second-order valence-corrected chi connectivity index (χ2v) is 2.46. The SMILES string of the molecule is [18F]c1cccc2ccccc12. The molecule has 11 heavy (non-hydrogen) atoms. The van der Waals surface area contributed by atoms with Crippen molar-refractivity contribution in [1.29, 1.82) is 0 Å². The first-order valence-corrected chi connectivity index (χ1v) is 3.51. The van der Waals surface area contributed by atoms with Crippen LogP contribution in [-0.4, -0.2) is 0 Å². The number of hydrogen-bond donors (Lipinski definition) is 0. The maximum atomic E-state index is 13.0. The highest BCUT2D eigenvalue weighted by Gasteiger charge is 1.95. The third kappa shape index (κ3) is 0.984. The summed E-state index contributed by atoms with van der Waals surface area (Å²) in [5.41, 5.74) is 0. The molecular formula is C10H7F. The number of benzene rings is 2. The van der Waals surface area contributed by atoms with Gasteiger partial charge in [0.05, 0.1) is 0 Å². The molecule has 0 aromatic heterocycles. The van der Waals surface area contributed by atoms with E-state index in [2.05, 4.69) is 0 Å². The fourth-order valence-corrected chi connectivity index (χ4v) is 1.19. The van der Waals surface area contributed by atoms with E-state index in [1.165, 1.54) is 6.07 Å². The van der Waals surface area contributed by atoms with Crippen molar-refractivity contribution in [3.05, 3.63) is 48.3 Å². The minimum atomic E-state index is -0.150. The second kappa shape index (κ2) is 2.35. The zero-order chi connectivity index (χ0) is 7.68. The van der Waals surface area contributed by atoms with E-state index in [1.807, 2.05) is 24.3 Å². The van der Waals surface area contributed by atoms with Crippen LogP contribution in [0.2, 0.25) is 0 Å². The molecule has 0 aliphatic heterocycles. The first kappa shape index (κ1) is 6.35. The zero-order valence-corrected chi connectivity index (χ0v) is 5.92. The smallest absolute Gasteiger partial charge is 0.131 e. The third-order valence-electron chi connectivity index (χ3n) is 1.74. The summed E-state index contributed by atoms with van der Waals surface area (Å²) in [6.45, 7) is 0. The third-order valence-corrected chi connectivity index (χ3v) is 1.74. The lowest BCUT2D eigenvalue weighted by molar-refractivity contribution is 0.640. The van der Waals surface area contributed by atoms with Gasteiger partial charge >= 0.3 is 0 Å². The quantitative estimate of drug-likeness (QED) is 0.534. The van der Waals surface area contributed by atoms with Crippen LogP contribution in [0.4, 0.5) is 4.39 Å². The molecule has 0 N–H and O–H groups in total. The molecule has 0 amide bonds. The molecule has 2 rings (SSSR count). The maximum absolute atomic E-state index is 13.0. The van der Waals surface area contributed by atoms with Crippen LogP contribution < -0.4 is 0 Å². The molecule has 0 aliphatic rings. The molecule has 0 saturated heterocycles. The fourth-order valence-electron chi connectivity index (χ4n) is 1.19. The van der Waals surface area contributed by atoms with Gasteiger partial charge in [0.1, 0.15) is 5.82 Å². The number of fused-ring (bicyclic) bond motifs is 1. The topological polar surface area (TPSA) is 0 Å². The molecule has 0 saturated carbocycles. The minimum Gasteiger partial charge on any atom is -0.206 e. The molecule has 0 atom stereocenters. The van der Waals surface area contributed by atoms with Gasteiger partial charge in [-0.3, -0.25) is 0 Å². The van der Waals surface area contributed by atoms with Crippen molar-refractivity contribution in [2.75, 3.05) is 0 Å². The van der Waals surface area contributed by atoms with Crippen molar-refractivity contribution in [2.45, 2.75) is 0 Å². The largest absolute Gasteiger partial charge is 0.206 e. The highest BCUT2D eigenvalue weighted by atomic mass is 18.2. The molecule has 0 spiro atoms. The summed E-state index contributed by atoms with van der Waals surface area (Å²) in [7, 11) is 0. The Balaban J connectivity index is 2.91. The molecule has 0 nitrogen and oxygen atoms in total. The Kier molecular flexibility index (Phi) is 1.35. The van der Waals surface area contributed by atoms with Gasteiger partial charge in [0.2, 0.25) is 0 Å². The van der Waals surface area contributed by atoms with Gasteiger partial charge in [0.15, 0.2) is 0 Å². The summed E-state index contributed by atoms with van der Waals surface area (Å²) in [6.07, 6.45) is 0. The van der Waals surface area contributed by atoms with Gasteiger partial charge in [-0.15, -0.1) is 0 Å². The van der Waals surface area contributed by atoms with Gasteiger partial charge in [-0.05, 0) is 11.5 Å². The van der Waals surface area contributed by atoms with Crippen molar-refractivity contribution < 1.29 is 4.39 Å².